The molecular weight excluding hydrogens is 322 g/mol. The van der Waals surface area contributed by atoms with E-state index in [0.717, 1.165) is 11.1 Å². The number of rotatable bonds is 3. The summed E-state index contributed by atoms with van der Waals surface area (Å²) in [6, 6.07) is 3.85. The van der Waals surface area contributed by atoms with E-state index in [2.05, 4.69) is 0 Å². The Hall–Kier alpha value is -2.09. The lowest BCUT2D eigenvalue weighted by Gasteiger charge is -2.43. The van der Waals surface area contributed by atoms with Gasteiger partial charge in [0.15, 0.2) is 17.2 Å². The van der Waals surface area contributed by atoms with Crippen molar-refractivity contribution in [2.24, 2.45) is 11.5 Å². The molecule has 1 unspecified atom stereocenters. The summed E-state index contributed by atoms with van der Waals surface area (Å²) in [7, 11) is 1.60. The Labute approximate surface area is 146 Å². The summed E-state index contributed by atoms with van der Waals surface area (Å²) in [4.78, 5) is 13.4. The molecule has 0 bridgehead atoms. The smallest absolute Gasteiger partial charge is 0.231 e. The van der Waals surface area contributed by atoms with E-state index in [4.69, 9.17) is 20.9 Å². The van der Waals surface area contributed by atoms with Crippen molar-refractivity contribution in [2.45, 2.75) is 36.6 Å². The van der Waals surface area contributed by atoms with Crippen molar-refractivity contribution in [1.29, 1.82) is 0 Å². The number of benzene rings is 1. The van der Waals surface area contributed by atoms with Gasteiger partial charge in [0.2, 0.25) is 5.91 Å². The highest BCUT2D eigenvalue weighted by Crippen LogP contribution is 2.58. The number of hydrogen-bond donors (Lipinski definition) is 3. The molecule has 1 amide bonds. The minimum absolute atomic E-state index is 0.196. The molecule has 1 aliphatic carbocycles. The number of amides is 1. The van der Waals surface area contributed by atoms with Gasteiger partial charge in [0.1, 0.15) is 0 Å². The van der Waals surface area contributed by atoms with Gasteiger partial charge in [-0.1, -0.05) is 18.2 Å². The van der Waals surface area contributed by atoms with Crippen LogP contribution < -0.4 is 20.9 Å². The van der Waals surface area contributed by atoms with Gasteiger partial charge >= 0.3 is 0 Å². The van der Waals surface area contributed by atoms with Crippen molar-refractivity contribution in [3.8, 4) is 11.5 Å². The van der Waals surface area contributed by atoms with Crippen molar-refractivity contribution in [3.63, 3.8) is 0 Å². The fourth-order valence-electron chi connectivity index (χ4n) is 4.50. The summed E-state index contributed by atoms with van der Waals surface area (Å²) < 4.78 is 11.7. The summed E-state index contributed by atoms with van der Waals surface area (Å²) in [5, 5.41) is 10.1. The minimum Gasteiger partial charge on any atom is -0.493 e. The van der Waals surface area contributed by atoms with Gasteiger partial charge in [-0.3, -0.25) is 15.4 Å². The van der Waals surface area contributed by atoms with Crippen LogP contribution in [-0.4, -0.2) is 47.9 Å². The number of methoxy groups -OCH3 is 1. The number of aliphatic hydroxyl groups excluding tert-OH is 1. The van der Waals surface area contributed by atoms with Crippen LogP contribution in [0, 0.1) is 0 Å². The average molecular weight is 345 g/mol. The third-order valence-electron chi connectivity index (χ3n) is 5.62. The topological polar surface area (TPSA) is 111 Å². The Balaban J connectivity index is 1.90. The Morgan fingerprint density at radius 3 is 3.04 bits per heavy atom. The molecule has 3 aliphatic rings. The number of aliphatic hydroxyl groups is 1. The van der Waals surface area contributed by atoms with Crippen molar-refractivity contribution in [2.75, 3.05) is 20.2 Å². The van der Waals surface area contributed by atoms with E-state index in [0.29, 0.717) is 37.4 Å². The van der Waals surface area contributed by atoms with E-state index >= 15 is 0 Å². The van der Waals surface area contributed by atoms with Gasteiger partial charge in [-0.25, -0.2) is 0 Å². The monoisotopic (exact) mass is 345 g/mol. The predicted molar refractivity (Wildman–Crippen MR) is 91.1 cm³/mol. The minimum atomic E-state index is -1.05. The molecule has 25 heavy (non-hydrogen) atoms. The van der Waals surface area contributed by atoms with E-state index in [1.54, 1.807) is 13.2 Å². The second-order valence-corrected chi connectivity index (χ2v) is 7.15. The largest absolute Gasteiger partial charge is 0.493 e. The van der Waals surface area contributed by atoms with Crippen LogP contribution in [0.4, 0.5) is 0 Å². The molecule has 5 N–H and O–H groups in total. The third-order valence-corrected chi connectivity index (χ3v) is 5.62. The SMILES string of the molecule is COc1ccc2c3c1O[C@@]1(N)CC(O)C=C[C@@]31CCN(CC(N)=O)C2. The maximum Gasteiger partial charge on any atom is 0.231 e. The van der Waals surface area contributed by atoms with Gasteiger partial charge in [0.05, 0.1) is 25.2 Å². The zero-order valence-corrected chi connectivity index (χ0v) is 14.2. The summed E-state index contributed by atoms with van der Waals surface area (Å²) in [5.41, 5.74) is 12.5. The fourth-order valence-corrected chi connectivity index (χ4v) is 4.50. The van der Waals surface area contributed by atoms with Gasteiger partial charge in [-0.2, -0.15) is 0 Å². The molecule has 2 aliphatic heterocycles. The standard InChI is InChI=1S/C18H23N3O4/c1-24-13-3-2-11-9-21(10-14(19)23)7-6-17-5-4-12(22)8-18(17,20)25-16(13)15(11)17/h2-5,12,22H,6-10,20H2,1H3,(H2,19,23)/t12?,17-,18+/m1/s1. The highest BCUT2D eigenvalue weighted by atomic mass is 16.5. The molecule has 0 saturated carbocycles. The van der Waals surface area contributed by atoms with Gasteiger partial charge in [0, 0.05) is 25.1 Å². The number of ether oxygens (including phenoxy) is 2. The van der Waals surface area contributed by atoms with E-state index in [-0.39, 0.29) is 12.5 Å². The Morgan fingerprint density at radius 2 is 2.32 bits per heavy atom. The summed E-state index contributed by atoms with van der Waals surface area (Å²) in [6.07, 6.45) is 4.09. The van der Waals surface area contributed by atoms with Crippen molar-refractivity contribution in [3.05, 3.63) is 35.4 Å². The van der Waals surface area contributed by atoms with Crippen molar-refractivity contribution >= 4 is 5.91 Å². The number of nitrogens with zero attached hydrogens (tertiary/aromatic N) is 1. The first-order chi connectivity index (χ1) is 11.9. The van der Waals surface area contributed by atoms with Crippen LogP contribution in [0.1, 0.15) is 24.0 Å². The molecule has 2 heterocycles. The van der Waals surface area contributed by atoms with Gasteiger partial charge in [-0.15, -0.1) is 0 Å². The molecule has 3 atom stereocenters. The Morgan fingerprint density at radius 1 is 1.52 bits per heavy atom. The second kappa shape index (κ2) is 5.45. The Bertz CT molecular complexity index is 765. The number of carbonyl (C=O) groups is 1. The summed E-state index contributed by atoms with van der Waals surface area (Å²) >= 11 is 0. The van der Waals surface area contributed by atoms with Crippen molar-refractivity contribution in [1.82, 2.24) is 4.90 Å². The number of primary amides is 1. The number of carbonyl (C=O) groups excluding carboxylic acids is 1. The normalized spacial score (nSPS) is 33.2. The number of nitrogens with two attached hydrogens (primary N) is 2. The van der Waals surface area contributed by atoms with Crippen LogP contribution in [-0.2, 0) is 16.8 Å². The predicted octanol–water partition coefficient (Wildman–Crippen LogP) is -0.00780. The van der Waals surface area contributed by atoms with Crippen molar-refractivity contribution < 1.29 is 19.4 Å². The molecule has 4 rings (SSSR count). The Kier molecular flexibility index (Phi) is 3.57. The molecule has 1 aromatic rings. The molecule has 1 spiro atoms. The number of hydrogen-bond acceptors (Lipinski definition) is 6. The molecule has 7 nitrogen and oxygen atoms in total. The van der Waals surface area contributed by atoms with Gasteiger partial charge in [-0.05, 0) is 18.1 Å². The molecule has 134 valence electrons. The second-order valence-electron chi connectivity index (χ2n) is 7.15. The third kappa shape index (κ3) is 2.27. The molecule has 7 heteroatoms. The van der Waals surface area contributed by atoms with E-state index in [9.17, 15) is 9.90 Å². The molecule has 1 aromatic carbocycles. The lowest BCUT2D eigenvalue weighted by molar-refractivity contribution is -0.119. The highest BCUT2D eigenvalue weighted by Gasteiger charge is 2.61. The first-order valence-electron chi connectivity index (χ1n) is 8.45. The first kappa shape index (κ1) is 16.4. The first-order valence-corrected chi connectivity index (χ1v) is 8.45. The average Bonchev–Trinajstić information content (AvgIpc) is 2.70. The maximum absolute atomic E-state index is 11.4. The van der Waals surface area contributed by atoms with E-state index in [1.165, 1.54) is 0 Å². The van der Waals surface area contributed by atoms with Crippen LogP contribution >= 0.6 is 0 Å². The highest BCUT2D eigenvalue weighted by molar-refractivity contribution is 5.76. The summed E-state index contributed by atoms with van der Waals surface area (Å²) in [5.74, 6) is 0.916. The zero-order valence-electron chi connectivity index (χ0n) is 14.2. The van der Waals surface area contributed by atoms with Gasteiger partial charge in [0.25, 0.3) is 0 Å². The molecular formula is C18H23N3O4. The molecule has 0 fully saturated rings. The van der Waals surface area contributed by atoms with Crippen LogP contribution in [0.15, 0.2) is 24.3 Å². The molecule has 0 radical (unpaired) electrons. The lowest BCUT2D eigenvalue weighted by atomic mass is 9.65. The lowest BCUT2D eigenvalue weighted by Crippen LogP contribution is -2.61. The molecule has 0 saturated heterocycles. The maximum atomic E-state index is 11.4. The zero-order chi connectivity index (χ0) is 17.8. The summed E-state index contributed by atoms with van der Waals surface area (Å²) in [6.45, 7) is 1.44. The van der Waals surface area contributed by atoms with E-state index < -0.39 is 17.2 Å². The van der Waals surface area contributed by atoms with Crippen LogP contribution in [0.25, 0.3) is 0 Å². The van der Waals surface area contributed by atoms with Crippen LogP contribution in [0.2, 0.25) is 0 Å². The van der Waals surface area contributed by atoms with Crippen LogP contribution in [0.5, 0.6) is 11.5 Å². The van der Waals surface area contributed by atoms with Gasteiger partial charge < -0.3 is 20.3 Å². The van der Waals surface area contributed by atoms with E-state index in [1.807, 2.05) is 23.1 Å². The van der Waals surface area contributed by atoms with Crippen LogP contribution in [0.3, 0.4) is 0 Å². The quantitative estimate of drug-likeness (QED) is 0.665. The fraction of sp³-hybridized carbons (Fsp3) is 0.500. The molecule has 0 aromatic heterocycles.